The summed E-state index contributed by atoms with van der Waals surface area (Å²) in [6.45, 7) is 3.66. The van der Waals surface area contributed by atoms with Gasteiger partial charge < -0.3 is 9.84 Å². The quantitative estimate of drug-likeness (QED) is 0.0698. The summed E-state index contributed by atoms with van der Waals surface area (Å²) < 4.78 is 19.4. The number of methoxy groups -OCH3 is 1. The van der Waals surface area contributed by atoms with Crippen LogP contribution in [-0.4, -0.2) is 40.1 Å². The van der Waals surface area contributed by atoms with Gasteiger partial charge in [-0.05, 0) is 54.8 Å². The number of Topliss-reactive ketones (excluding diaryl/α,β-unsaturated/α-hetero) is 1. The monoisotopic (exact) mass is 589 g/mol. The number of aliphatic hydroxyl groups excluding tert-OH is 1. The van der Waals surface area contributed by atoms with E-state index in [0.717, 1.165) is 22.5 Å². The molecule has 11 heteroatoms. The van der Waals surface area contributed by atoms with E-state index in [9.17, 15) is 23.9 Å². The van der Waals surface area contributed by atoms with E-state index in [-0.39, 0.29) is 27.8 Å². The van der Waals surface area contributed by atoms with Gasteiger partial charge in [0.1, 0.15) is 11.6 Å². The molecule has 1 fully saturated rings. The number of benzene rings is 3. The van der Waals surface area contributed by atoms with Gasteiger partial charge in [-0.1, -0.05) is 71.1 Å². The van der Waals surface area contributed by atoms with E-state index in [2.05, 4.69) is 10.2 Å². The first-order valence-electron chi connectivity index (χ1n) is 12.5. The summed E-state index contributed by atoms with van der Waals surface area (Å²) in [5.74, 6) is -2.64. The van der Waals surface area contributed by atoms with E-state index >= 15 is 0 Å². The summed E-state index contributed by atoms with van der Waals surface area (Å²) in [6.07, 6.45) is 0. The maximum atomic E-state index is 14.1. The van der Waals surface area contributed by atoms with Crippen LogP contribution in [0.3, 0.4) is 0 Å². The van der Waals surface area contributed by atoms with Crippen molar-refractivity contribution >= 4 is 51.6 Å². The van der Waals surface area contributed by atoms with Gasteiger partial charge in [0.15, 0.2) is 4.34 Å². The first-order chi connectivity index (χ1) is 19.7. The maximum absolute atomic E-state index is 14.1. The molecule has 1 amide bonds. The lowest BCUT2D eigenvalue weighted by atomic mass is 9.93. The molecule has 4 aromatic rings. The first kappa shape index (κ1) is 28.2. The number of aliphatic hydroxyl groups is 1. The van der Waals surface area contributed by atoms with Crippen molar-refractivity contribution in [3.8, 4) is 0 Å². The van der Waals surface area contributed by atoms with E-state index < -0.39 is 23.7 Å². The van der Waals surface area contributed by atoms with Crippen molar-refractivity contribution in [2.45, 2.75) is 30.0 Å². The molecule has 5 rings (SSSR count). The molecule has 0 aliphatic carbocycles. The summed E-state index contributed by atoms with van der Waals surface area (Å²) in [5.41, 5.74) is 3.16. The molecule has 1 aliphatic rings. The Hall–Kier alpha value is -4.35. The maximum Gasteiger partial charge on any atom is 0.337 e. The van der Waals surface area contributed by atoms with Crippen LogP contribution in [0.2, 0.25) is 0 Å². The van der Waals surface area contributed by atoms with Gasteiger partial charge in [0.2, 0.25) is 5.13 Å². The van der Waals surface area contributed by atoms with Gasteiger partial charge in [-0.25, -0.2) is 9.18 Å². The van der Waals surface area contributed by atoms with Crippen molar-refractivity contribution < 1.29 is 28.6 Å². The Bertz CT molecular complexity index is 1700. The molecule has 1 unspecified atom stereocenters. The molecule has 208 valence electrons. The number of thioether (sulfide) groups is 1. The van der Waals surface area contributed by atoms with E-state index in [1.807, 2.05) is 19.1 Å². The summed E-state index contributed by atoms with van der Waals surface area (Å²) in [6, 6.07) is 17.1. The summed E-state index contributed by atoms with van der Waals surface area (Å²) in [4.78, 5) is 40.2. The molecular formula is C30H24FN3O5S2. The highest BCUT2D eigenvalue weighted by atomic mass is 32.2. The Morgan fingerprint density at radius 3 is 2.51 bits per heavy atom. The number of halogens is 1. The van der Waals surface area contributed by atoms with Crippen LogP contribution in [0.15, 0.2) is 76.6 Å². The molecule has 3 aromatic carbocycles. The highest BCUT2D eigenvalue weighted by molar-refractivity contribution is 8.00. The van der Waals surface area contributed by atoms with Crippen LogP contribution in [-0.2, 0) is 20.1 Å². The Morgan fingerprint density at radius 2 is 1.80 bits per heavy atom. The normalized spacial score (nSPS) is 16.3. The molecule has 1 aromatic heterocycles. The van der Waals surface area contributed by atoms with Crippen molar-refractivity contribution in [3.05, 3.63) is 112 Å². The highest BCUT2D eigenvalue weighted by Gasteiger charge is 2.48. The van der Waals surface area contributed by atoms with Crippen LogP contribution in [0.4, 0.5) is 9.52 Å². The van der Waals surface area contributed by atoms with Gasteiger partial charge >= 0.3 is 11.9 Å². The number of hydrogen-bond donors (Lipinski definition) is 1. The van der Waals surface area contributed by atoms with Crippen molar-refractivity contribution in [2.75, 3.05) is 12.0 Å². The molecule has 8 nitrogen and oxygen atoms in total. The standard InChI is InChI=1S/C30H24FN3O5S2/c1-16-8-9-17(2)21(14-16)25(35)23-24(18-10-12-19(13-11-18)28(38)39-3)34(27(37)26(23)36)29-32-33-30(41-29)40-15-20-6-4-5-7-22(20)31/h4-14,24,35H,15H2,1-3H3/b25-23+. The van der Waals surface area contributed by atoms with E-state index in [0.29, 0.717) is 26.8 Å². The summed E-state index contributed by atoms with van der Waals surface area (Å²) >= 11 is 2.33. The molecule has 0 bridgehead atoms. The number of ether oxygens (including phenoxy) is 1. The van der Waals surface area contributed by atoms with Crippen molar-refractivity contribution in [1.82, 2.24) is 10.2 Å². The highest BCUT2D eigenvalue weighted by Crippen LogP contribution is 2.44. The zero-order valence-electron chi connectivity index (χ0n) is 22.3. The number of rotatable bonds is 7. The number of nitrogens with zero attached hydrogens (tertiary/aromatic N) is 3. The molecule has 0 saturated carbocycles. The summed E-state index contributed by atoms with van der Waals surface area (Å²) in [5, 5.41) is 19.9. The molecule has 0 spiro atoms. The fraction of sp³-hybridized carbons (Fsp3) is 0.167. The first-order valence-corrected chi connectivity index (χ1v) is 14.3. The van der Waals surface area contributed by atoms with Crippen LogP contribution >= 0.6 is 23.1 Å². The van der Waals surface area contributed by atoms with Gasteiger partial charge in [0.05, 0.1) is 24.3 Å². The number of ketones is 1. The zero-order valence-corrected chi connectivity index (χ0v) is 23.9. The van der Waals surface area contributed by atoms with E-state index in [1.54, 1.807) is 43.3 Å². The molecule has 2 heterocycles. The van der Waals surface area contributed by atoms with E-state index in [4.69, 9.17) is 4.74 Å². The van der Waals surface area contributed by atoms with Crippen LogP contribution in [0.1, 0.15) is 44.2 Å². The average molecular weight is 590 g/mol. The molecule has 1 atom stereocenters. The van der Waals surface area contributed by atoms with Crippen LogP contribution < -0.4 is 4.90 Å². The third kappa shape index (κ3) is 5.50. The average Bonchev–Trinajstić information content (AvgIpc) is 3.55. The second-order valence-corrected chi connectivity index (χ2v) is 11.5. The number of carbonyl (C=O) groups excluding carboxylic acids is 3. The van der Waals surface area contributed by atoms with Gasteiger partial charge in [0, 0.05) is 11.3 Å². The molecule has 1 aliphatic heterocycles. The third-order valence-electron chi connectivity index (χ3n) is 6.65. The second-order valence-electron chi connectivity index (χ2n) is 9.33. The topological polar surface area (TPSA) is 110 Å². The van der Waals surface area contributed by atoms with Gasteiger partial charge in [-0.3, -0.25) is 14.5 Å². The summed E-state index contributed by atoms with van der Waals surface area (Å²) in [7, 11) is 1.27. The lowest BCUT2D eigenvalue weighted by Crippen LogP contribution is -2.29. The van der Waals surface area contributed by atoms with Gasteiger partial charge in [-0.15, -0.1) is 10.2 Å². The Labute approximate surface area is 243 Å². The van der Waals surface area contributed by atoms with E-state index in [1.165, 1.54) is 42.0 Å². The molecule has 1 saturated heterocycles. The minimum Gasteiger partial charge on any atom is -0.507 e. The fourth-order valence-electron chi connectivity index (χ4n) is 4.51. The minimum absolute atomic E-state index is 0.106. The lowest BCUT2D eigenvalue weighted by Gasteiger charge is -2.23. The SMILES string of the molecule is COC(=O)c1ccc(C2/C(=C(\O)c3cc(C)ccc3C)C(=O)C(=O)N2c2nnc(SCc3ccccc3F)s2)cc1. The van der Waals surface area contributed by atoms with Crippen molar-refractivity contribution in [1.29, 1.82) is 0 Å². The third-order valence-corrected chi connectivity index (χ3v) is 8.76. The Kier molecular flexibility index (Phi) is 8.00. The minimum atomic E-state index is -1.04. The molecule has 41 heavy (non-hydrogen) atoms. The Balaban J connectivity index is 1.58. The second kappa shape index (κ2) is 11.6. The number of carbonyl (C=O) groups is 3. The number of aryl methyl sites for hydroxylation is 2. The number of hydrogen-bond acceptors (Lipinski definition) is 9. The predicted octanol–water partition coefficient (Wildman–Crippen LogP) is 6.00. The smallest absolute Gasteiger partial charge is 0.337 e. The van der Waals surface area contributed by atoms with Crippen molar-refractivity contribution in [3.63, 3.8) is 0 Å². The predicted molar refractivity (Wildman–Crippen MR) is 154 cm³/mol. The zero-order chi connectivity index (χ0) is 29.3. The van der Waals surface area contributed by atoms with Crippen LogP contribution in [0.25, 0.3) is 5.76 Å². The van der Waals surface area contributed by atoms with Crippen LogP contribution in [0, 0.1) is 19.7 Å². The lowest BCUT2D eigenvalue weighted by molar-refractivity contribution is -0.132. The number of esters is 1. The molecular weight excluding hydrogens is 565 g/mol. The van der Waals surface area contributed by atoms with Gasteiger partial charge in [0.25, 0.3) is 5.78 Å². The Morgan fingerprint density at radius 1 is 1.07 bits per heavy atom. The van der Waals surface area contributed by atoms with Crippen LogP contribution in [0.5, 0.6) is 0 Å². The number of aromatic nitrogens is 2. The van der Waals surface area contributed by atoms with Crippen molar-refractivity contribution in [2.24, 2.45) is 0 Å². The number of anilines is 1. The van der Waals surface area contributed by atoms with Gasteiger partial charge in [-0.2, -0.15) is 0 Å². The fourth-order valence-corrected chi connectivity index (χ4v) is 6.37. The largest absolute Gasteiger partial charge is 0.507 e. The molecule has 0 radical (unpaired) electrons. The number of amides is 1. The molecule has 1 N–H and O–H groups in total.